The van der Waals surface area contributed by atoms with Crippen LogP contribution in [0.25, 0.3) is 0 Å². The lowest BCUT2D eigenvalue weighted by Gasteiger charge is -2.18. The van der Waals surface area contributed by atoms with Crippen molar-refractivity contribution >= 4 is 50.5 Å². The first-order valence-corrected chi connectivity index (χ1v) is 8.02. The van der Waals surface area contributed by atoms with Crippen molar-refractivity contribution in [2.24, 2.45) is 0 Å². The molecule has 102 valence electrons. The molecule has 6 heteroatoms. The minimum Gasteiger partial charge on any atom is -0.306 e. The van der Waals surface area contributed by atoms with Crippen LogP contribution >= 0.6 is 50.5 Å². The molecule has 1 aromatic carbocycles. The number of hydrogen-bond acceptors (Lipinski definition) is 2. The van der Waals surface area contributed by atoms with Gasteiger partial charge in [-0.1, -0.05) is 30.1 Å². The molecule has 0 aliphatic carbocycles. The van der Waals surface area contributed by atoms with Gasteiger partial charge in [-0.15, -0.1) is 11.3 Å². The van der Waals surface area contributed by atoms with Crippen LogP contribution in [0, 0.1) is 5.82 Å². The van der Waals surface area contributed by atoms with Crippen LogP contribution in [0.4, 0.5) is 4.39 Å². The van der Waals surface area contributed by atoms with E-state index in [1.54, 1.807) is 6.07 Å². The highest BCUT2D eigenvalue weighted by Crippen LogP contribution is 2.35. The molecule has 1 unspecified atom stereocenters. The van der Waals surface area contributed by atoms with Gasteiger partial charge in [-0.2, -0.15) is 0 Å². The summed E-state index contributed by atoms with van der Waals surface area (Å²) in [4.78, 5) is 0.962. The summed E-state index contributed by atoms with van der Waals surface area (Å²) >= 11 is 16.7. The lowest BCUT2D eigenvalue weighted by molar-refractivity contribution is 0.562. The Morgan fingerprint density at radius 1 is 1.37 bits per heavy atom. The topological polar surface area (TPSA) is 12.0 Å². The van der Waals surface area contributed by atoms with E-state index in [4.69, 9.17) is 23.2 Å². The van der Waals surface area contributed by atoms with Crippen molar-refractivity contribution in [3.05, 3.63) is 54.4 Å². The second-order valence-electron chi connectivity index (χ2n) is 3.92. The molecule has 1 heterocycles. The van der Waals surface area contributed by atoms with E-state index in [1.807, 2.05) is 19.1 Å². The molecule has 0 saturated heterocycles. The van der Waals surface area contributed by atoms with Crippen LogP contribution in [0.1, 0.15) is 23.4 Å². The van der Waals surface area contributed by atoms with Crippen molar-refractivity contribution in [1.82, 2.24) is 5.32 Å². The number of thiophene rings is 1. The third-order valence-electron chi connectivity index (χ3n) is 2.64. The van der Waals surface area contributed by atoms with E-state index in [9.17, 15) is 4.39 Å². The zero-order valence-corrected chi connectivity index (χ0v) is 13.9. The smallest absolute Gasteiger partial charge is 0.129 e. The van der Waals surface area contributed by atoms with E-state index in [0.29, 0.717) is 25.9 Å². The Bertz CT molecular complexity index is 588. The Labute approximate surface area is 133 Å². The normalized spacial score (nSPS) is 12.7. The minimum atomic E-state index is -0.299. The average molecular weight is 383 g/mol. The maximum Gasteiger partial charge on any atom is 0.129 e. The molecule has 0 aliphatic heterocycles. The SMILES string of the molecule is CCNC(c1ccc(Cl)s1)c1cc(Cl)c(Br)cc1F. The fraction of sp³-hybridized carbons (Fsp3) is 0.231. The van der Waals surface area contributed by atoms with E-state index in [-0.39, 0.29) is 11.9 Å². The lowest BCUT2D eigenvalue weighted by Crippen LogP contribution is -2.22. The van der Waals surface area contributed by atoms with Crippen LogP contribution in [0.5, 0.6) is 0 Å². The standard InChI is InChI=1S/C13H11BrCl2FNS/c1-2-18-13(11-3-4-12(16)19-11)7-5-9(15)8(14)6-10(7)17/h3-6,13,18H,2H2,1H3. The van der Waals surface area contributed by atoms with Gasteiger partial charge in [-0.25, -0.2) is 4.39 Å². The maximum absolute atomic E-state index is 14.1. The van der Waals surface area contributed by atoms with Crippen LogP contribution in [-0.4, -0.2) is 6.54 Å². The average Bonchev–Trinajstić information content (AvgIpc) is 2.78. The van der Waals surface area contributed by atoms with Gasteiger partial charge in [-0.3, -0.25) is 0 Å². The minimum absolute atomic E-state index is 0.243. The number of rotatable bonds is 4. The van der Waals surface area contributed by atoms with Gasteiger partial charge in [0.2, 0.25) is 0 Å². The second-order valence-corrected chi connectivity index (χ2v) is 6.93. The highest BCUT2D eigenvalue weighted by molar-refractivity contribution is 9.10. The Morgan fingerprint density at radius 2 is 2.11 bits per heavy atom. The van der Waals surface area contributed by atoms with Gasteiger partial charge in [0, 0.05) is 14.9 Å². The molecule has 0 saturated carbocycles. The quantitative estimate of drug-likeness (QED) is 0.673. The van der Waals surface area contributed by atoms with E-state index in [0.717, 1.165) is 4.88 Å². The van der Waals surface area contributed by atoms with Crippen LogP contribution in [0.15, 0.2) is 28.7 Å². The molecule has 1 nitrogen and oxygen atoms in total. The van der Waals surface area contributed by atoms with E-state index in [2.05, 4.69) is 21.2 Å². The zero-order valence-electron chi connectivity index (χ0n) is 10.0. The predicted molar refractivity (Wildman–Crippen MR) is 84.0 cm³/mol. The molecule has 0 amide bonds. The van der Waals surface area contributed by atoms with Crippen molar-refractivity contribution in [2.45, 2.75) is 13.0 Å². The second kappa shape index (κ2) is 6.55. The van der Waals surface area contributed by atoms with Crippen molar-refractivity contribution in [3.63, 3.8) is 0 Å². The fourth-order valence-electron chi connectivity index (χ4n) is 1.81. The highest BCUT2D eigenvalue weighted by Gasteiger charge is 2.20. The molecule has 0 radical (unpaired) electrons. The Kier molecular flexibility index (Phi) is 5.26. The molecule has 0 aliphatic rings. The Morgan fingerprint density at radius 3 is 2.68 bits per heavy atom. The zero-order chi connectivity index (χ0) is 14.0. The third kappa shape index (κ3) is 3.50. The van der Waals surface area contributed by atoms with Gasteiger partial charge in [0.15, 0.2) is 0 Å². The number of nitrogens with one attached hydrogen (secondary N) is 1. The Hall–Kier alpha value is -0.130. The van der Waals surface area contributed by atoms with E-state index in [1.165, 1.54) is 17.4 Å². The van der Waals surface area contributed by atoms with E-state index >= 15 is 0 Å². The molecule has 1 aromatic heterocycles. The van der Waals surface area contributed by atoms with Gasteiger partial charge in [0.1, 0.15) is 5.82 Å². The summed E-state index contributed by atoms with van der Waals surface area (Å²) in [5, 5.41) is 3.74. The first-order valence-electron chi connectivity index (χ1n) is 5.66. The summed E-state index contributed by atoms with van der Waals surface area (Å²) in [5.41, 5.74) is 0.522. The van der Waals surface area contributed by atoms with Crippen LogP contribution in [-0.2, 0) is 0 Å². The molecule has 1 N–H and O–H groups in total. The van der Waals surface area contributed by atoms with Crippen LogP contribution in [0.2, 0.25) is 9.36 Å². The first-order chi connectivity index (χ1) is 9.02. The highest BCUT2D eigenvalue weighted by atomic mass is 79.9. The monoisotopic (exact) mass is 381 g/mol. The molecule has 2 aromatic rings. The summed E-state index contributed by atoms with van der Waals surface area (Å²) < 4.78 is 15.4. The van der Waals surface area contributed by atoms with Crippen molar-refractivity contribution in [1.29, 1.82) is 0 Å². The first kappa shape index (κ1) is 15.3. The predicted octanol–water partition coefficient (Wildman–Crippen LogP) is 5.66. The van der Waals surface area contributed by atoms with Crippen LogP contribution < -0.4 is 5.32 Å². The Balaban J connectivity index is 2.47. The largest absolute Gasteiger partial charge is 0.306 e. The van der Waals surface area contributed by atoms with Crippen molar-refractivity contribution in [3.8, 4) is 0 Å². The molecule has 0 spiro atoms. The van der Waals surface area contributed by atoms with Gasteiger partial charge >= 0.3 is 0 Å². The summed E-state index contributed by atoms with van der Waals surface area (Å²) in [6, 6.07) is 6.49. The van der Waals surface area contributed by atoms with E-state index < -0.39 is 0 Å². The molecular formula is C13H11BrCl2FNS. The van der Waals surface area contributed by atoms with Gasteiger partial charge in [-0.05, 0) is 46.7 Å². The number of benzene rings is 1. The molecule has 2 rings (SSSR count). The molecule has 0 bridgehead atoms. The fourth-order valence-corrected chi connectivity index (χ4v) is 3.45. The molecule has 1 atom stereocenters. The lowest BCUT2D eigenvalue weighted by atomic mass is 10.0. The van der Waals surface area contributed by atoms with Crippen molar-refractivity contribution < 1.29 is 4.39 Å². The van der Waals surface area contributed by atoms with Gasteiger partial charge < -0.3 is 5.32 Å². The summed E-state index contributed by atoms with van der Waals surface area (Å²) in [5.74, 6) is -0.299. The molecule has 19 heavy (non-hydrogen) atoms. The maximum atomic E-state index is 14.1. The molecule has 0 fully saturated rings. The van der Waals surface area contributed by atoms with Crippen LogP contribution in [0.3, 0.4) is 0 Å². The number of hydrogen-bond donors (Lipinski definition) is 1. The molecular weight excluding hydrogens is 372 g/mol. The van der Waals surface area contributed by atoms with Crippen molar-refractivity contribution in [2.75, 3.05) is 6.54 Å². The number of halogens is 4. The summed E-state index contributed by atoms with van der Waals surface area (Å²) in [6.07, 6.45) is 0. The summed E-state index contributed by atoms with van der Waals surface area (Å²) in [7, 11) is 0. The third-order valence-corrected chi connectivity index (χ3v) is 5.13. The van der Waals surface area contributed by atoms with Gasteiger partial charge in [0.05, 0.1) is 15.4 Å². The summed E-state index contributed by atoms with van der Waals surface area (Å²) in [6.45, 7) is 2.69. The van der Waals surface area contributed by atoms with Gasteiger partial charge in [0.25, 0.3) is 0 Å².